The summed E-state index contributed by atoms with van der Waals surface area (Å²) in [5, 5.41) is 0.757. The third-order valence-corrected chi connectivity index (χ3v) is 6.85. The van der Waals surface area contributed by atoms with Gasteiger partial charge in [0.05, 0.1) is 15.3 Å². The summed E-state index contributed by atoms with van der Waals surface area (Å²) in [6.45, 7) is 3.83. The van der Waals surface area contributed by atoms with Gasteiger partial charge in [-0.2, -0.15) is 0 Å². The fraction of sp³-hybridized carbons (Fsp3) is 0.318. The number of hydrogen-bond donors (Lipinski definition) is 0. The van der Waals surface area contributed by atoms with Crippen molar-refractivity contribution in [3.8, 4) is 5.75 Å². The first kappa shape index (κ1) is 18.9. The molecule has 6 heteroatoms. The third kappa shape index (κ3) is 4.18. The molecule has 0 amide bonds. The Bertz CT molecular complexity index is 1050. The highest BCUT2D eigenvalue weighted by Gasteiger charge is 2.18. The van der Waals surface area contributed by atoms with Crippen LogP contribution in [0, 0.1) is 0 Å². The van der Waals surface area contributed by atoms with E-state index in [9.17, 15) is 8.42 Å². The number of likely N-dealkylation sites (tertiary alicyclic amines) is 1. The predicted octanol–water partition coefficient (Wildman–Crippen LogP) is 3.93. The molecule has 0 aliphatic carbocycles. The normalized spacial score (nSPS) is 15.6. The molecule has 146 valence electrons. The van der Waals surface area contributed by atoms with Gasteiger partial charge in [-0.3, -0.25) is 9.88 Å². The fourth-order valence-electron chi connectivity index (χ4n) is 3.54. The number of hydrogen-bond acceptors (Lipinski definition) is 5. The van der Waals surface area contributed by atoms with E-state index in [1.807, 2.05) is 18.2 Å². The van der Waals surface area contributed by atoms with Crippen molar-refractivity contribution in [2.45, 2.75) is 29.1 Å². The maximum absolute atomic E-state index is 12.8. The highest BCUT2D eigenvalue weighted by Crippen LogP contribution is 2.25. The number of piperidine rings is 1. The lowest BCUT2D eigenvalue weighted by Crippen LogP contribution is -2.33. The average molecular weight is 397 g/mol. The van der Waals surface area contributed by atoms with Gasteiger partial charge < -0.3 is 4.74 Å². The zero-order chi connectivity index (χ0) is 19.4. The first-order chi connectivity index (χ1) is 13.6. The van der Waals surface area contributed by atoms with Gasteiger partial charge in [-0.1, -0.05) is 24.6 Å². The molecule has 1 fully saturated rings. The summed E-state index contributed by atoms with van der Waals surface area (Å²) in [4.78, 5) is 7.21. The smallest absolute Gasteiger partial charge is 0.208 e. The van der Waals surface area contributed by atoms with Crippen LogP contribution in [0.5, 0.6) is 5.75 Å². The molecule has 1 aliphatic heterocycles. The maximum atomic E-state index is 12.8. The summed E-state index contributed by atoms with van der Waals surface area (Å²) in [7, 11) is -3.58. The number of aromatic nitrogens is 1. The van der Waals surface area contributed by atoms with Crippen molar-refractivity contribution in [1.29, 1.82) is 0 Å². The van der Waals surface area contributed by atoms with Crippen LogP contribution in [0.2, 0.25) is 0 Å². The van der Waals surface area contributed by atoms with Gasteiger partial charge in [0.25, 0.3) is 0 Å². The first-order valence-electron chi connectivity index (χ1n) is 9.68. The topological polar surface area (TPSA) is 59.5 Å². The number of ether oxygens (including phenoxy) is 1. The third-order valence-electron chi connectivity index (χ3n) is 5.12. The second kappa shape index (κ2) is 8.29. The van der Waals surface area contributed by atoms with Crippen LogP contribution in [0.3, 0.4) is 0 Å². The number of sulfone groups is 1. The van der Waals surface area contributed by atoms with Crippen molar-refractivity contribution in [1.82, 2.24) is 9.88 Å². The van der Waals surface area contributed by atoms with Crippen LogP contribution in [0.15, 0.2) is 70.6 Å². The van der Waals surface area contributed by atoms with E-state index in [1.165, 1.54) is 25.5 Å². The minimum atomic E-state index is -3.58. The van der Waals surface area contributed by atoms with E-state index >= 15 is 0 Å². The van der Waals surface area contributed by atoms with Crippen LogP contribution >= 0.6 is 0 Å². The van der Waals surface area contributed by atoms with Crippen LogP contribution in [0.4, 0.5) is 0 Å². The van der Waals surface area contributed by atoms with Crippen molar-refractivity contribution >= 4 is 20.7 Å². The van der Waals surface area contributed by atoms with Gasteiger partial charge in [-0.05, 0) is 62.3 Å². The van der Waals surface area contributed by atoms with Crippen LogP contribution < -0.4 is 4.74 Å². The zero-order valence-electron chi connectivity index (χ0n) is 15.8. The molecule has 0 radical (unpaired) electrons. The summed E-state index contributed by atoms with van der Waals surface area (Å²) in [5.41, 5.74) is 0.746. The van der Waals surface area contributed by atoms with E-state index in [0.29, 0.717) is 6.61 Å². The molecule has 1 saturated heterocycles. The molecule has 1 aliphatic rings. The zero-order valence-corrected chi connectivity index (χ0v) is 16.6. The van der Waals surface area contributed by atoms with Crippen LogP contribution in [0.25, 0.3) is 10.9 Å². The Morgan fingerprint density at radius 1 is 0.929 bits per heavy atom. The molecule has 0 spiro atoms. The Labute approximate surface area is 165 Å². The van der Waals surface area contributed by atoms with E-state index in [-0.39, 0.29) is 9.79 Å². The Morgan fingerprint density at radius 2 is 1.71 bits per heavy atom. The summed E-state index contributed by atoms with van der Waals surface area (Å²) >= 11 is 0. The summed E-state index contributed by atoms with van der Waals surface area (Å²) in [5.74, 6) is 0.737. The number of rotatable bonds is 6. The van der Waals surface area contributed by atoms with Crippen molar-refractivity contribution in [3.05, 3.63) is 60.8 Å². The summed E-state index contributed by atoms with van der Waals surface area (Å²) in [6, 6.07) is 15.7. The molecule has 2 aromatic carbocycles. The minimum Gasteiger partial charge on any atom is -0.492 e. The maximum Gasteiger partial charge on any atom is 0.208 e. The van der Waals surface area contributed by atoms with E-state index in [1.54, 1.807) is 36.4 Å². The number of benzene rings is 2. The molecular weight excluding hydrogens is 372 g/mol. The molecular formula is C22H24N2O3S. The van der Waals surface area contributed by atoms with Crippen LogP contribution in [-0.2, 0) is 9.84 Å². The van der Waals surface area contributed by atoms with Crippen molar-refractivity contribution in [2.75, 3.05) is 26.2 Å². The molecule has 0 bridgehead atoms. The second-order valence-corrected chi connectivity index (χ2v) is 9.04. The number of nitrogens with zero attached hydrogens (tertiary/aromatic N) is 2. The second-order valence-electron chi connectivity index (χ2n) is 7.09. The van der Waals surface area contributed by atoms with Crippen molar-refractivity contribution in [2.24, 2.45) is 0 Å². The van der Waals surface area contributed by atoms with E-state index in [2.05, 4.69) is 9.88 Å². The van der Waals surface area contributed by atoms with Crippen molar-refractivity contribution in [3.63, 3.8) is 0 Å². The Morgan fingerprint density at radius 3 is 2.50 bits per heavy atom. The molecule has 0 N–H and O–H groups in total. The largest absolute Gasteiger partial charge is 0.492 e. The van der Waals surface area contributed by atoms with Gasteiger partial charge in [0.15, 0.2) is 0 Å². The number of fused-ring (bicyclic) bond motifs is 1. The van der Waals surface area contributed by atoms with Gasteiger partial charge >= 0.3 is 0 Å². The van der Waals surface area contributed by atoms with E-state index in [4.69, 9.17) is 4.74 Å². The van der Waals surface area contributed by atoms with E-state index < -0.39 is 9.84 Å². The lowest BCUT2D eigenvalue weighted by Gasteiger charge is -2.26. The molecule has 3 aromatic rings. The lowest BCUT2D eigenvalue weighted by molar-refractivity contribution is 0.183. The molecule has 0 unspecified atom stereocenters. The lowest BCUT2D eigenvalue weighted by atomic mass is 10.1. The molecule has 0 saturated carbocycles. The van der Waals surface area contributed by atoms with Crippen LogP contribution in [-0.4, -0.2) is 44.5 Å². The molecule has 28 heavy (non-hydrogen) atoms. The van der Waals surface area contributed by atoms with Crippen molar-refractivity contribution < 1.29 is 13.2 Å². The summed E-state index contributed by atoms with van der Waals surface area (Å²) in [6.07, 6.45) is 5.27. The quantitative estimate of drug-likeness (QED) is 0.632. The highest BCUT2D eigenvalue weighted by atomic mass is 32.2. The number of pyridine rings is 1. The standard InChI is InChI=1S/C22H24N2O3S/c25-28(26,20-7-3-1-4-8-20)21-16-18-15-19(9-10-22(18)23-17-21)27-14-13-24-11-5-2-6-12-24/h1,3-4,7-10,15-17H,2,5-6,11-14H2. The van der Waals surface area contributed by atoms with Gasteiger partial charge in [-0.15, -0.1) is 0 Å². The van der Waals surface area contributed by atoms with Gasteiger partial charge in [0.2, 0.25) is 9.84 Å². The fourth-order valence-corrected chi connectivity index (χ4v) is 4.80. The van der Waals surface area contributed by atoms with Gasteiger partial charge in [0, 0.05) is 18.1 Å². The first-order valence-corrected chi connectivity index (χ1v) is 11.2. The SMILES string of the molecule is O=S(=O)(c1ccccc1)c1cnc2ccc(OCCN3CCCCC3)cc2c1. The Kier molecular flexibility index (Phi) is 5.59. The predicted molar refractivity (Wildman–Crippen MR) is 109 cm³/mol. The van der Waals surface area contributed by atoms with Crippen LogP contribution in [0.1, 0.15) is 19.3 Å². The molecule has 2 heterocycles. The highest BCUT2D eigenvalue weighted by molar-refractivity contribution is 7.91. The molecule has 5 nitrogen and oxygen atoms in total. The minimum absolute atomic E-state index is 0.191. The average Bonchev–Trinajstić information content (AvgIpc) is 2.74. The molecule has 0 atom stereocenters. The van der Waals surface area contributed by atoms with Gasteiger partial charge in [0.1, 0.15) is 12.4 Å². The molecule has 4 rings (SSSR count). The summed E-state index contributed by atoms with van der Waals surface area (Å²) < 4.78 is 31.6. The monoisotopic (exact) mass is 396 g/mol. The van der Waals surface area contributed by atoms with E-state index in [0.717, 1.165) is 36.3 Å². The van der Waals surface area contributed by atoms with Gasteiger partial charge in [-0.25, -0.2) is 8.42 Å². The molecule has 1 aromatic heterocycles. The Hall–Kier alpha value is -2.44. The Balaban J connectivity index is 1.52.